The molecule has 0 aliphatic carbocycles. The number of H-pyrrole nitrogens is 1. The second kappa shape index (κ2) is 6.37. The highest BCUT2D eigenvalue weighted by atomic mass is 16.5. The Balaban J connectivity index is 1.57. The molecule has 2 aromatic heterocycles. The van der Waals surface area contributed by atoms with E-state index in [1.807, 2.05) is 36.9 Å². The largest absolute Gasteiger partial charge is 0.464 e. The Morgan fingerprint density at radius 1 is 1.40 bits per heavy atom. The van der Waals surface area contributed by atoms with Crippen LogP contribution in [-0.2, 0) is 16.0 Å². The zero-order valence-corrected chi connectivity index (χ0v) is 14.4. The second-order valence-corrected chi connectivity index (χ2v) is 6.57. The third-order valence-electron chi connectivity index (χ3n) is 4.64. The molecule has 0 spiro atoms. The first-order valence-corrected chi connectivity index (χ1v) is 8.47. The Labute approximate surface area is 145 Å². The van der Waals surface area contributed by atoms with E-state index in [0.717, 1.165) is 33.6 Å². The molecule has 1 aromatic carbocycles. The normalized spacial score (nSPS) is 18.0. The topological polar surface area (TPSA) is 71.4 Å². The molecule has 3 aromatic rings. The lowest BCUT2D eigenvalue weighted by Gasteiger charge is -2.34. The van der Waals surface area contributed by atoms with E-state index in [2.05, 4.69) is 9.97 Å². The number of aryl methyl sites for hydroxylation is 2. The summed E-state index contributed by atoms with van der Waals surface area (Å²) in [6.07, 6.45) is 3.78. The molecule has 6 nitrogen and oxygen atoms in total. The predicted molar refractivity (Wildman–Crippen MR) is 93.3 cm³/mol. The molecule has 0 radical (unpaired) electrons. The van der Waals surface area contributed by atoms with E-state index in [-0.39, 0.29) is 11.9 Å². The van der Waals surface area contributed by atoms with Crippen molar-refractivity contribution in [3.63, 3.8) is 0 Å². The van der Waals surface area contributed by atoms with Crippen LogP contribution in [0.1, 0.15) is 28.7 Å². The van der Waals surface area contributed by atoms with Crippen LogP contribution in [0.25, 0.3) is 11.0 Å². The number of rotatable bonds is 3. The van der Waals surface area contributed by atoms with E-state index in [0.29, 0.717) is 26.2 Å². The van der Waals surface area contributed by atoms with Gasteiger partial charge in [0.05, 0.1) is 25.9 Å². The molecule has 6 heteroatoms. The highest BCUT2D eigenvalue weighted by molar-refractivity contribution is 5.88. The number of hydrogen-bond acceptors (Lipinski definition) is 4. The van der Waals surface area contributed by atoms with Gasteiger partial charge in [0.1, 0.15) is 17.4 Å². The van der Waals surface area contributed by atoms with Crippen LogP contribution in [0, 0.1) is 13.8 Å². The molecule has 1 aliphatic rings. The zero-order valence-electron chi connectivity index (χ0n) is 14.4. The van der Waals surface area contributed by atoms with Gasteiger partial charge in [-0.2, -0.15) is 0 Å². The van der Waals surface area contributed by atoms with E-state index in [9.17, 15) is 4.79 Å². The van der Waals surface area contributed by atoms with Gasteiger partial charge in [0.15, 0.2) is 0 Å². The van der Waals surface area contributed by atoms with Crippen LogP contribution in [0.3, 0.4) is 0 Å². The maximum absolute atomic E-state index is 13.0. The van der Waals surface area contributed by atoms with Gasteiger partial charge in [-0.15, -0.1) is 0 Å². The summed E-state index contributed by atoms with van der Waals surface area (Å²) in [5, 5.41) is 0.998. The Kier molecular flexibility index (Phi) is 4.05. The van der Waals surface area contributed by atoms with Gasteiger partial charge in [-0.3, -0.25) is 4.79 Å². The number of ether oxygens (including phenoxy) is 1. The molecule has 25 heavy (non-hydrogen) atoms. The molecule has 0 saturated carbocycles. The molecule has 1 fully saturated rings. The summed E-state index contributed by atoms with van der Waals surface area (Å²) >= 11 is 0. The molecule has 1 amide bonds. The first-order valence-electron chi connectivity index (χ1n) is 8.47. The number of hydrogen-bond donors (Lipinski definition) is 1. The van der Waals surface area contributed by atoms with E-state index < -0.39 is 0 Å². The van der Waals surface area contributed by atoms with Gasteiger partial charge in [0.25, 0.3) is 0 Å². The number of aromatic nitrogens is 2. The van der Waals surface area contributed by atoms with Crippen molar-refractivity contribution in [2.45, 2.75) is 26.3 Å². The van der Waals surface area contributed by atoms with Crippen molar-refractivity contribution < 1.29 is 13.9 Å². The summed E-state index contributed by atoms with van der Waals surface area (Å²) in [6, 6.07) is 5.88. The first-order chi connectivity index (χ1) is 12.1. The Morgan fingerprint density at radius 2 is 2.28 bits per heavy atom. The molecular formula is C19H21N3O3. The number of amides is 1. The molecule has 0 bridgehead atoms. The molecule has 1 saturated heterocycles. The number of fused-ring (bicyclic) bond motifs is 1. The molecule has 4 rings (SSSR count). The summed E-state index contributed by atoms with van der Waals surface area (Å²) < 4.78 is 11.2. The highest BCUT2D eigenvalue weighted by Crippen LogP contribution is 2.26. The van der Waals surface area contributed by atoms with Crippen LogP contribution < -0.4 is 0 Å². The minimum atomic E-state index is -0.171. The van der Waals surface area contributed by atoms with Gasteiger partial charge in [-0.1, -0.05) is 12.1 Å². The van der Waals surface area contributed by atoms with Crippen molar-refractivity contribution in [3.05, 3.63) is 53.3 Å². The SMILES string of the molecule is Cc1ccc2c(CC(=O)N3CCOCC3c3ncc(C)[nH]3)coc2c1. The summed E-state index contributed by atoms with van der Waals surface area (Å²) in [4.78, 5) is 22.4. The number of nitrogens with one attached hydrogen (secondary N) is 1. The van der Waals surface area contributed by atoms with Crippen LogP contribution in [0.2, 0.25) is 0 Å². The van der Waals surface area contributed by atoms with Crippen LogP contribution >= 0.6 is 0 Å². The van der Waals surface area contributed by atoms with Crippen LogP contribution in [0.5, 0.6) is 0 Å². The third-order valence-corrected chi connectivity index (χ3v) is 4.64. The molecule has 1 aliphatic heterocycles. The lowest BCUT2D eigenvalue weighted by Crippen LogP contribution is -2.44. The first kappa shape index (κ1) is 15.9. The fourth-order valence-corrected chi connectivity index (χ4v) is 3.32. The van der Waals surface area contributed by atoms with Gasteiger partial charge < -0.3 is 19.0 Å². The summed E-state index contributed by atoms with van der Waals surface area (Å²) in [6.45, 7) is 5.55. The maximum Gasteiger partial charge on any atom is 0.227 e. The summed E-state index contributed by atoms with van der Waals surface area (Å²) in [5.41, 5.74) is 3.86. The summed E-state index contributed by atoms with van der Waals surface area (Å²) in [7, 11) is 0. The Morgan fingerprint density at radius 3 is 3.08 bits per heavy atom. The second-order valence-electron chi connectivity index (χ2n) is 6.57. The smallest absolute Gasteiger partial charge is 0.227 e. The molecule has 1 unspecified atom stereocenters. The average Bonchev–Trinajstić information content (AvgIpc) is 3.21. The average molecular weight is 339 g/mol. The predicted octanol–water partition coefficient (Wildman–Crippen LogP) is 2.92. The number of nitrogens with zero attached hydrogens (tertiary/aromatic N) is 2. The van der Waals surface area contributed by atoms with Gasteiger partial charge in [-0.25, -0.2) is 4.98 Å². The lowest BCUT2D eigenvalue weighted by atomic mass is 10.1. The van der Waals surface area contributed by atoms with Crippen LogP contribution in [0.4, 0.5) is 0 Å². The number of furan rings is 1. The van der Waals surface area contributed by atoms with Crippen molar-refractivity contribution in [2.24, 2.45) is 0 Å². The Bertz CT molecular complexity index is 912. The molecule has 130 valence electrons. The van der Waals surface area contributed by atoms with E-state index in [4.69, 9.17) is 9.15 Å². The zero-order chi connectivity index (χ0) is 17.4. The number of imidazole rings is 1. The summed E-state index contributed by atoms with van der Waals surface area (Å²) in [5.74, 6) is 0.837. The molecule has 3 heterocycles. The fraction of sp³-hybridized carbons (Fsp3) is 0.368. The fourth-order valence-electron chi connectivity index (χ4n) is 3.32. The maximum atomic E-state index is 13.0. The molecule has 1 atom stereocenters. The van der Waals surface area contributed by atoms with Crippen molar-refractivity contribution >= 4 is 16.9 Å². The third kappa shape index (κ3) is 3.05. The quantitative estimate of drug-likeness (QED) is 0.796. The Hall–Kier alpha value is -2.60. The van der Waals surface area contributed by atoms with Crippen molar-refractivity contribution in [2.75, 3.05) is 19.8 Å². The molecule has 1 N–H and O–H groups in total. The van der Waals surface area contributed by atoms with Gasteiger partial charge in [0.2, 0.25) is 5.91 Å². The number of morpholine rings is 1. The van der Waals surface area contributed by atoms with Crippen molar-refractivity contribution in [3.8, 4) is 0 Å². The minimum absolute atomic E-state index is 0.0608. The number of aromatic amines is 1. The monoisotopic (exact) mass is 339 g/mol. The number of benzene rings is 1. The van der Waals surface area contributed by atoms with E-state index in [1.165, 1.54) is 0 Å². The van der Waals surface area contributed by atoms with E-state index in [1.54, 1.807) is 12.5 Å². The van der Waals surface area contributed by atoms with Crippen LogP contribution in [0.15, 0.2) is 35.1 Å². The van der Waals surface area contributed by atoms with Crippen molar-refractivity contribution in [1.82, 2.24) is 14.9 Å². The molecular weight excluding hydrogens is 318 g/mol. The highest BCUT2D eigenvalue weighted by Gasteiger charge is 2.30. The van der Waals surface area contributed by atoms with Gasteiger partial charge in [-0.05, 0) is 25.5 Å². The number of carbonyl (C=O) groups is 1. The standard InChI is InChI=1S/C19H21N3O3/c1-12-3-4-15-14(10-25-17(15)7-12)8-18(23)22-5-6-24-11-16(22)19-20-9-13(2)21-19/h3-4,7,9-10,16H,5-6,8,11H2,1-2H3,(H,20,21). The lowest BCUT2D eigenvalue weighted by molar-refractivity contribution is -0.139. The van der Waals surface area contributed by atoms with Gasteiger partial charge >= 0.3 is 0 Å². The van der Waals surface area contributed by atoms with E-state index >= 15 is 0 Å². The van der Waals surface area contributed by atoms with Gasteiger partial charge in [0, 0.05) is 29.4 Å². The minimum Gasteiger partial charge on any atom is -0.464 e. The van der Waals surface area contributed by atoms with Crippen LogP contribution in [-0.4, -0.2) is 40.5 Å². The number of carbonyl (C=O) groups excluding carboxylic acids is 1. The van der Waals surface area contributed by atoms with Crippen molar-refractivity contribution in [1.29, 1.82) is 0 Å².